The van der Waals surface area contributed by atoms with Crippen LogP contribution in [0.2, 0.25) is 0 Å². The highest BCUT2D eigenvalue weighted by molar-refractivity contribution is 6.23. The summed E-state index contributed by atoms with van der Waals surface area (Å²) in [4.78, 5) is 0. The second-order valence-electron chi connectivity index (χ2n) is 14.1. The summed E-state index contributed by atoms with van der Waals surface area (Å²) in [5.41, 5.74) is 13.0. The van der Waals surface area contributed by atoms with Crippen molar-refractivity contribution in [3.05, 3.63) is 181 Å². The van der Waals surface area contributed by atoms with Crippen LogP contribution in [0.3, 0.4) is 0 Å². The molecule has 0 heterocycles. The van der Waals surface area contributed by atoms with Crippen molar-refractivity contribution in [2.45, 2.75) is 19.3 Å². The fourth-order valence-corrected chi connectivity index (χ4v) is 8.44. The van der Waals surface area contributed by atoms with Crippen LogP contribution in [0, 0.1) is 0 Å². The maximum atomic E-state index is 2.43. The third-order valence-electron chi connectivity index (χ3n) is 11.0. The SMILES string of the molecule is CC1(C)c2cc(-c3ccccc3)ccc2-c2ccc(-c3ccc4cc(-c5cc6ccc7ccccc7c6c6ccccc56)ccc4c3)cc21. The van der Waals surface area contributed by atoms with Gasteiger partial charge in [0, 0.05) is 5.41 Å². The van der Waals surface area contributed by atoms with Crippen molar-refractivity contribution in [1.29, 1.82) is 0 Å². The van der Waals surface area contributed by atoms with Crippen LogP contribution in [0.25, 0.3) is 87.6 Å². The summed E-state index contributed by atoms with van der Waals surface area (Å²) >= 11 is 0. The lowest BCUT2D eigenvalue weighted by Gasteiger charge is -2.22. The molecule has 49 heavy (non-hydrogen) atoms. The molecule has 9 aromatic carbocycles. The van der Waals surface area contributed by atoms with E-state index in [0.29, 0.717) is 0 Å². The van der Waals surface area contributed by atoms with E-state index in [1.807, 2.05) is 0 Å². The quantitative estimate of drug-likeness (QED) is 0.172. The van der Waals surface area contributed by atoms with E-state index in [1.165, 1.54) is 98.7 Å². The molecule has 230 valence electrons. The van der Waals surface area contributed by atoms with E-state index in [0.717, 1.165) is 0 Å². The van der Waals surface area contributed by atoms with Gasteiger partial charge in [-0.05, 0) is 129 Å². The van der Waals surface area contributed by atoms with Gasteiger partial charge in [-0.2, -0.15) is 0 Å². The number of benzene rings is 9. The van der Waals surface area contributed by atoms with Gasteiger partial charge in [0.2, 0.25) is 0 Å². The fraction of sp³-hybridized carbons (Fsp3) is 0.0612. The van der Waals surface area contributed by atoms with Crippen LogP contribution in [-0.4, -0.2) is 0 Å². The average molecular weight is 623 g/mol. The molecule has 9 aromatic rings. The molecule has 10 rings (SSSR count). The third kappa shape index (κ3) is 4.31. The standard InChI is InChI=1S/C49H34/c1-49(2)46-29-36(31-10-4-3-5-11-31)22-24-42(46)43-25-23-37(30-47(43)49)34-17-18-35-27-38(20-19-33(35)26-34)45-28-39-21-16-32-12-6-7-13-40(32)48(39)44-15-9-8-14-41(44)45/h3-30H,1-2H3. The molecular formula is C49H34. The van der Waals surface area contributed by atoms with Crippen LogP contribution in [0.4, 0.5) is 0 Å². The number of rotatable bonds is 3. The lowest BCUT2D eigenvalue weighted by Crippen LogP contribution is -2.15. The number of hydrogen-bond donors (Lipinski definition) is 0. The van der Waals surface area contributed by atoms with E-state index in [-0.39, 0.29) is 5.41 Å². The highest BCUT2D eigenvalue weighted by Crippen LogP contribution is 2.51. The maximum Gasteiger partial charge on any atom is 0.0159 e. The highest BCUT2D eigenvalue weighted by atomic mass is 14.4. The molecule has 1 aliphatic carbocycles. The van der Waals surface area contributed by atoms with Gasteiger partial charge in [-0.25, -0.2) is 0 Å². The summed E-state index contributed by atoms with van der Waals surface area (Å²) in [7, 11) is 0. The second kappa shape index (κ2) is 10.5. The molecule has 0 fully saturated rings. The molecule has 0 nitrogen and oxygen atoms in total. The molecule has 0 aliphatic heterocycles. The Labute approximate surface area is 286 Å². The molecule has 0 atom stereocenters. The molecular weight excluding hydrogens is 589 g/mol. The minimum atomic E-state index is -0.0772. The average Bonchev–Trinajstić information content (AvgIpc) is 3.39. The molecule has 0 spiro atoms. The Morgan fingerprint density at radius 2 is 0.816 bits per heavy atom. The zero-order chi connectivity index (χ0) is 32.7. The molecule has 0 amide bonds. The van der Waals surface area contributed by atoms with E-state index in [4.69, 9.17) is 0 Å². The van der Waals surface area contributed by atoms with Crippen molar-refractivity contribution in [3.63, 3.8) is 0 Å². The van der Waals surface area contributed by atoms with Crippen LogP contribution in [0.15, 0.2) is 170 Å². The van der Waals surface area contributed by atoms with Gasteiger partial charge in [-0.1, -0.05) is 153 Å². The zero-order valence-corrected chi connectivity index (χ0v) is 27.7. The van der Waals surface area contributed by atoms with Gasteiger partial charge >= 0.3 is 0 Å². The predicted octanol–water partition coefficient (Wildman–Crippen LogP) is 13.6. The first-order valence-electron chi connectivity index (χ1n) is 17.3. The summed E-state index contributed by atoms with van der Waals surface area (Å²) in [5.74, 6) is 0. The normalized spacial score (nSPS) is 13.3. The number of hydrogen-bond acceptors (Lipinski definition) is 0. The summed E-state index contributed by atoms with van der Waals surface area (Å²) in [5, 5.41) is 10.3. The van der Waals surface area contributed by atoms with Crippen LogP contribution >= 0.6 is 0 Å². The zero-order valence-electron chi connectivity index (χ0n) is 27.7. The molecule has 0 heteroatoms. The van der Waals surface area contributed by atoms with E-state index >= 15 is 0 Å². The monoisotopic (exact) mass is 622 g/mol. The molecule has 1 aliphatic rings. The summed E-state index contributed by atoms with van der Waals surface area (Å²) in [6.45, 7) is 4.74. The largest absolute Gasteiger partial charge is 0.0622 e. The van der Waals surface area contributed by atoms with Gasteiger partial charge in [0.15, 0.2) is 0 Å². The summed E-state index contributed by atoms with van der Waals surface area (Å²) in [6, 6.07) is 63.2. The Balaban J connectivity index is 1.04. The number of fused-ring (bicyclic) bond motifs is 9. The minimum absolute atomic E-state index is 0.0772. The van der Waals surface area contributed by atoms with Crippen molar-refractivity contribution in [2.24, 2.45) is 0 Å². The molecule has 0 aromatic heterocycles. The van der Waals surface area contributed by atoms with Crippen LogP contribution in [-0.2, 0) is 5.41 Å². The van der Waals surface area contributed by atoms with Gasteiger partial charge in [-0.3, -0.25) is 0 Å². The summed E-state index contributed by atoms with van der Waals surface area (Å²) < 4.78 is 0. The lowest BCUT2D eigenvalue weighted by molar-refractivity contribution is 0.661. The van der Waals surface area contributed by atoms with E-state index in [9.17, 15) is 0 Å². The van der Waals surface area contributed by atoms with E-state index in [1.54, 1.807) is 0 Å². The smallest absolute Gasteiger partial charge is 0.0159 e. The topological polar surface area (TPSA) is 0 Å². The summed E-state index contributed by atoms with van der Waals surface area (Å²) in [6.07, 6.45) is 0. The first-order chi connectivity index (χ1) is 24.0. The molecule has 0 radical (unpaired) electrons. The van der Waals surface area contributed by atoms with Crippen molar-refractivity contribution in [2.75, 3.05) is 0 Å². The molecule has 0 unspecified atom stereocenters. The predicted molar refractivity (Wildman–Crippen MR) is 210 cm³/mol. The van der Waals surface area contributed by atoms with Gasteiger partial charge in [0.1, 0.15) is 0 Å². The fourth-order valence-electron chi connectivity index (χ4n) is 8.44. The van der Waals surface area contributed by atoms with Crippen molar-refractivity contribution in [3.8, 4) is 44.5 Å². The van der Waals surface area contributed by atoms with Crippen molar-refractivity contribution >= 4 is 43.1 Å². The molecule has 0 saturated carbocycles. The Morgan fingerprint density at radius 1 is 0.306 bits per heavy atom. The minimum Gasteiger partial charge on any atom is -0.0622 e. The Bertz CT molecular complexity index is 2780. The molecule has 0 N–H and O–H groups in total. The second-order valence-corrected chi connectivity index (χ2v) is 14.1. The van der Waals surface area contributed by atoms with Gasteiger partial charge in [0.25, 0.3) is 0 Å². The van der Waals surface area contributed by atoms with Gasteiger partial charge in [-0.15, -0.1) is 0 Å². The lowest BCUT2D eigenvalue weighted by atomic mass is 9.81. The van der Waals surface area contributed by atoms with Gasteiger partial charge in [0.05, 0.1) is 0 Å². The Kier molecular flexibility index (Phi) is 6.02. The molecule has 0 saturated heterocycles. The first-order valence-corrected chi connectivity index (χ1v) is 17.3. The Hall–Kier alpha value is -5.98. The van der Waals surface area contributed by atoms with Crippen molar-refractivity contribution in [1.82, 2.24) is 0 Å². The van der Waals surface area contributed by atoms with E-state index < -0.39 is 0 Å². The Morgan fingerprint density at radius 3 is 1.55 bits per heavy atom. The van der Waals surface area contributed by atoms with Crippen LogP contribution in [0.1, 0.15) is 25.0 Å². The maximum absolute atomic E-state index is 2.43. The molecule has 0 bridgehead atoms. The third-order valence-corrected chi connectivity index (χ3v) is 11.0. The van der Waals surface area contributed by atoms with Gasteiger partial charge < -0.3 is 0 Å². The van der Waals surface area contributed by atoms with E-state index in [2.05, 4.69) is 184 Å². The van der Waals surface area contributed by atoms with Crippen LogP contribution < -0.4 is 0 Å². The van der Waals surface area contributed by atoms with Crippen LogP contribution in [0.5, 0.6) is 0 Å². The highest BCUT2D eigenvalue weighted by Gasteiger charge is 2.35. The first kappa shape index (κ1) is 28.1. The van der Waals surface area contributed by atoms with Crippen molar-refractivity contribution < 1.29 is 0 Å².